The normalized spacial score (nSPS) is 14.5. The van der Waals surface area contributed by atoms with Gasteiger partial charge in [0.15, 0.2) is 0 Å². The second kappa shape index (κ2) is 6.51. The van der Waals surface area contributed by atoms with Gasteiger partial charge >= 0.3 is 0 Å². The van der Waals surface area contributed by atoms with E-state index in [2.05, 4.69) is 12.2 Å². The van der Waals surface area contributed by atoms with Crippen molar-refractivity contribution >= 4 is 5.69 Å². The number of rotatable bonds is 6. The molecule has 0 aliphatic carbocycles. The van der Waals surface area contributed by atoms with Crippen LogP contribution in [0.3, 0.4) is 0 Å². The highest BCUT2D eigenvalue weighted by Gasteiger charge is 2.07. The van der Waals surface area contributed by atoms with Gasteiger partial charge in [0.05, 0.1) is 12.7 Å². The number of hydrogen-bond donors (Lipinski definition) is 2. The summed E-state index contributed by atoms with van der Waals surface area (Å²) in [5.41, 5.74) is 1.94. The van der Waals surface area contributed by atoms with Crippen LogP contribution in [-0.2, 0) is 4.74 Å². The molecular weight excluding hydrogens is 202 g/mol. The molecule has 0 heterocycles. The molecular formula is C13H21NO2. The molecule has 2 atom stereocenters. The summed E-state index contributed by atoms with van der Waals surface area (Å²) in [6.45, 7) is 5.49. The Morgan fingerprint density at radius 1 is 1.31 bits per heavy atom. The number of hydrogen-bond acceptors (Lipinski definition) is 3. The van der Waals surface area contributed by atoms with E-state index in [1.54, 1.807) is 14.0 Å². The fourth-order valence-corrected chi connectivity index (χ4v) is 1.65. The van der Waals surface area contributed by atoms with Crippen molar-refractivity contribution in [3.63, 3.8) is 0 Å². The molecule has 2 N–H and O–H groups in total. The minimum Gasteiger partial charge on any atom is -0.389 e. The second-order valence-corrected chi connectivity index (χ2v) is 4.20. The van der Waals surface area contributed by atoms with Crippen molar-refractivity contribution in [2.24, 2.45) is 5.92 Å². The quantitative estimate of drug-likeness (QED) is 0.778. The van der Waals surface area contributed by atoms with E-state index in [-0.39, 0.29) is 0 Å². The van der Waals surface area contributed by atoms with E-state index in [1.807, 2.05) is 24.3 Å². The summed E-state index contributed by atoms with van der Waals surface area (Å²) in [5, 5.41) is 12.9. The minimum atomic E-state index is -0.443. The third-order valence-electron chi connectivity index (χ3n) is 2.50. The van der Waals surface area contributed by atoms with E-state index in [4.69, 9.17) is 4.74 Å². The van der Waals surface area contributed by atoms with Crippen LogP contribution in [0.4, 0.5) is 5.69 Å². The molecule has 16 heavy (non-hydrogen) atoms. The van der Waals surface area contributed by atoms with Gasteiger partial charge in [-0.2, -0.15) is 0 Å². The molecule has 2 unspecified atom stereocenters. The van der Waals surface area contributed by atoms with Gasteiger partial charge in [-0.3, -0.25) is 0 Å². The lowest BCUT2D eigenvalue weighted by Gasteiger charge is -2.16. The maximum absolute atomic E-state index is 9.61. The zero-order chi connectivity index (χ0) is 12.0. The summed E-state index contributed by atoms with van der Waals surface area (Å²) in [6.07, 6.45) is -0.443. The third-order valence-corrected chi connectivity index (χ3v) is 2.50. The molecule has 1 aromatic rings. The first-order valence-electron chi connectivity index (χ1n) is 5.65. The summed E-state index contributed by atoms with van der Waals surface area (Å²) >= 11 is 0. The molecule has 0 radical (unpaired) electrons. The second-order valence-electron chi connectivity index (χ2n) is 4.20. The fraction of sp³-hybridized carbons (Fsp3) is 0.538. The van der Waals surface area contributed by atoms with E-state index >= 15 is 0 Å². The Bertz CT molecular complexity index is 313. The van der Waals surface area contributed by atoms with Crippen LogP contribution in [0.25, 0.3) is 0 Å². The summed E-state index contributed by atoms with van der Waals surface area (Å²) < 4.78 is 5.08. The molecule has 1 aromatic carbocycles. The first kappa shape index (κ1) is 13.0. The van der Waals surface area contributed by atoms with Gasteiger partial charge in [0.1, 0.15) is 0 Å². The van der Waals surface area contributed by atoms with Gasteiger partial charge in [-0.05, 0) is 18.9 Å². The highest BCUT2D eigenvalue weighted by molar-refractivity contribution is 5.52. The molecule has 0 saturated carbocycles. The number of para-hydroxylation sites is 1. The van der Waals surface area contributed by atoms with Gasteiger partial charge in [-0.1, -0.05) is 25.1 Å². The van der Waals surface area contributed by atoms with Crippen LogP contribution in [-0.4, -0.2) is 25.4 Å². The van der Waals surface area contributed by atoms with Gasteiger partial charge in [0, 0.05) is 24.9 Å². The number of methoxy groups -OCH3 is 1. The number of benzene rings is 1. The number of ether oxygens (including phenoxy) is 1. The first-order chi connectivity index (χ1) is 7.65. The Hall–Kier alpha value is -1.06. The summed E-state index contributed by atoms with van der Waals surface area (Å²) in [6, 6.07) is 7.83. The van der Waals surface area contributed by atoms with Gasteiger partial charge in [-0.15, -0.1) is 0 Å². The fourth-order valence-electron chi connectivity index (χ4n) is 1.65. The molecule has 0 bridgehead atoms. The standard InChI is InChI=1S/C13H21NO2/c1-10(9-16-3)8-14-13-7-5-4-6-12(13)11(2)15/h4-7,10-11,14-15H,8-9H2,1-3H3. The molecule has 1 rings (SSSR count). The summed E-state index contributed by atoms with van der Waals surface area (Å²) in [7, 11) is 1.71. The summed E-state index contributed by atoms with van der Waals surface area (Å²) in [5.74, 6) is 0.451. The van der Waals surface area contributed by atoms with Crippen molar-refractivity contribution in [2.45, 2.75) is 20.0 Å². The molecule has 0 aliphatic heterocycles. The predicted octanol–water partition coefficient (Wildman–Crippen LogP) is 2.43. The molecule has 90 valence electrons. The van der Waals surface area contributed by atoms with Crippen LogP contribution in [0.15, 0.2) is 24.3 Å². The lowest BCUT2D eigenvalue weighted by atomic mass is 10.1. The average Bonchev–Trinajstić information content (AvgIpc) is 2.27. The van der Waals surface area contributed by atoms with Crippen molar-refractivity contribution in [1.82, 2.24) is 0 Å². The summed E-state index contributed by atoms with van der Waals surface area (Å²) in [4.78, 5) is 0. The van der Waals surface area contributed by atoms with E-state index in [0.717, 1.165) is 24.4 Å². The minimum absolute atomic E-state index is 0.443. The van der Waals surface area contributed by atoms with Crippen LogP contribution < -0.4 is 5.32 Å². The van der Waals surface area contributed by atoms with Crippen LogP contribution in [0.5, 0.6) is 0 Å². The molecule has 0 aromatic heterocycles. The highest BCUT2D eigenvalue weighted by atomic mass is 16.5. The van der Waals surface area contributed by atoms with Crippen LogP contribution >= 0.6 is 0 Å². The van der Waals surface area contributed by atoms with E-state index < -0.39 is 6.10 Å². The lowest BCUT2D eigenvalue weighted by molar-refractivity contribution is 0.164. The maximum atomic E-state index is 9.61. The molecule has 0 spiro atoms. The van der Waals surface area contributed by atoms with Gasteiger partial charge in [0.2, 0.25) is 0 Å². The van der Waals surface area contributed by atoms with Crippen molar-refractivity contribution < 1.29 is 9.84 Å². The van der Waals surface area contributed by atoms with Crippen molar-refractivity contribution in [2.75, 3.05) is 25.6 Å². The number of aliphatic hydroxyl groups is 1. The molecule has 0 fully saturated rings. The van der Waals surface area contributed by atoms with Crippen molar-refractivity contribution in [1.29, 1.82) is 0 Å². The first-order valence-corrected chi connectivity index (χ1v) is 5.65. The largest absolute Gasteiger partial charge is 0.389 e. The smallest absolute Gasteiger partial charge is 0.0781 e. The number of aliphatic hydroxyl groups excluding tert-OH is 1. The highest BCUT2D eigenvalue weighted by Crippen LogP contribution is 2.22. The third kappa shape index (κ3) is 3.83. The number of nitrogens with one attached hydrogen (secondary N) is 1. The van der Waals surface area contributed by atoms with Gasteiger partial charge in [-0.25, -0.2) is 0 Å². The topological polar surface area (TPSA) is 41.5 Å². The maximum Gasteiger partial charge on any atom is 0.0781 e. The molecule has 3 nitrogen and oxygen atoms in total. The molecule has 3 heteroatoms. The molecule has 0 amide bonds. The van der Waals surface area contributed by atoms with Crippen LogP contribution in [0, 0.1) is 5.92 Å². The average molecular weight is 223 g/mol. The number of anilines is 1. The van der Waals surface area contributed by atoms with E-state index in [9.17, 15) is 5.11 Å². The monoisotopic (exact) mass is 223 g/mol. The van der Waals surface area contributed by atoms with Crippen LogP contribution in [0.1, 0.15) is 25.5 Å². The Kier molecular flexibility index (Phi) is 5.29. The van der Waals surface area contributed by atoms with Crippen LogP contribution in [0.2, 0.25) is 0 Å². The lowest BCUT2D eigenvalue weighted by Crippen LogP contribution is -2.16. The van der Waals surface area contributed by atoms with Crippen molar-refractivity contribution in [3.8, 4) is 0 Å². The van der Waals surface area contributed by atoms with E-state index in [0.29, 0.717) is 5.92 Å². The zero-order valence-electron chi connectivity index (χ0n) is 10.2. The Morgan fingerprint density at radius 3 is 2.62 bits per heavy atom. The zero-order valence-corrected chi connectivity index (χ0v) is 10.2. The van der Waals surface area contributed by atoms with E-state index in [1.165, 1.54) is 0 Å². The van der Waals surface area contributed by atoms with Crippen molar-refractivity contribution in [3.05, 3.63) is 29.8 Å². The van der Waals surface area contributed by atoms with Gasteiger partial charge in [0.25, 0.3) is 0 Å². The molecule has 0 saturated heterocycles. The Labute approximate surface area is 97.4 Å². The van der Waals surface area contributed by atoms with Gasteiger partial charge < -0.3 is 15.2 Å². The predicted molar refractivity (Wildman–Crippen MR) is 66.6 cm³/mol. The SMILES string of the molecule is COCC(C)CNc1ccccc1C(C)O. The molecule has 0 aliphatic rings. The Morgan fingerprint density at radius 2 is 2.00 bits per heavy atom. The Balaban J connectivity index is 2.59.